The highest BCUT2D eigenvalue weighted by Gasteiger charge is 2.30. The zero-order valence-electron chi connectivity index (χ0n) is 23.3. The maximum absolute atomic E-state index is 14.1. The van der Waals surface area contributed by atoms with Crippen molar-refractivity contribution in [1.29, 1.82) is 0 Å². The third kappa shape index (κ3) is 6.35. The summed E-state index contributed by atoms with van der Waals surface area (Å²) in [5, 5.41) is 23.2. The van der Waals surface area contributed by atoms with Gasteiger partial charge in [-0.15, -0.1) is 0 Å². The molecule has 8 nitrogen and oxygen atoms in total. The molecule has 1 unspecified atom stereocenters. The van der Waals surface area contributed by atoms with Gasteiger partial charge >= 0.3 is 0 Å². The molecule has 2 heterocycles. The molecule has 2 fully saturated rings. The normalized spacial score (nSPS) is 18.6. The van der Waals surface area contributed by atoms with E-state index in [0.29, 0.717) is 31.1 Å². The average molecular weight is 545 g/mol. The van der Waals surface area contributed by atoms with Gasteiger partial charge in [-0.05, 0) is 31.7 Å². The molecular weight excluding hydrogens is 504 g/mol. The van der Waals surface area contributed by atoms with Crippen LogP contribution in [0.2, 0.25) is 0 Å². The predicted octanol–water partition coefficient (Wildman–Crippen LogP) is 3.60. The van der Waals surface area contributed by atoms with Gasteiger partial charge in [-0.2, -0.15) is 0 Å². The van der Waals surface area contributed by atoms with Gasteiger partial charge in [0.2, 0.25) is 5.91 Å². The van der Waals surface area contributed by atoms with E-state index in [1.54, 1.807) is 4.90 Å². The van der Waals surface area contributed by atoms with Gasteiger partial charge in [0.05, 0.1) is 36.0 Å². The zero-order valence-corrected chi connectivity index (χ0v) is 23.3. The van der Waals surface area contributed by atoms with Crippen LogP contribution in [0.25, 0.3) is 22.2 Å². The van der Waals surface area contributed by atoms with Crippen molar-refractivity contribution >= 4 is 22.7 Å². The number of nitrogens with one attached hydrogen (secondary N) is 1. The fraction of sp³-hybridized carbons (Fsp3) is 0.469. The van der Waals surface area contributed by atoms with E-state index >= 15 is 0 Å². The van der Waals surface area contributed by atoms with Crippen LogP contribution < -0.4 is 5.32 Å². The minimum atomic E-state index is -0.952. The summed E-state index contributed by atoms with van der Waals surface area (Å²) < 4.78 is 0. The van der Waals surface area contributed by atoms with Crippen molar-refractivity contribution in [2.45, 2.75) is 57.7 Å². The molecule has 1 aliphatic carbocycles. The maximum Gasteiger partial charge on any atom is 0.252 e. The summed E-state index contributed by atoms with van der Waals surface area (Å²) in [6.45, 7) is 3.44. The highest BCUT2D eigenvalue weighted by Crippen LogP contribution is 2.33. The smallest absolute Gasteiger partial charge is 0.252 e. The lowest BCUT2D eigenvalue weighted by atomic mass is 9.84. The molecule has 2 aromatic carbocycles. The molecule has 8 heteroatoms. The molecule has 5 rings (SSSR count). The Morgan fingerprint density at radius 2 is 1.77 bits per heavy atom. The maximum atomic E-state index is 14.1. The number of piperazine rings is 1. The van der Waals surface area contributed by atoms with Crippen molar-refractivity contribution < 1.29 is 19.8 Å². The van der Waals surface area contributed by atoms with Gasteiger partial charge in [-0.1, -0.05) is 67.8 Å². The third-order valence-electron chi connectivity index (χ3n) is 8.40. The van der Waals surface area contributed by atoms with E-state index in [-0.39, 0.29) is 37.6 Å². The zero-order chi connectivity index (χ0) is 28.1. The molecule has 0 radical (unpaired) electrons. The number of carbonyl (C=O) groups is 2. The number of fused-ring (bicyclic) bond motifs is 1. The quantitative estimate of drug-likeness (QED) is 0.380. The molecule has 2 amide bonds. The van der Waals surface area contributed by atoms with Crippen LogP contribution in [-0.2, 0) is 11.3 Å². The summed E-state index contributed by atoms with van der Waals surface area (Å²) in [5.41, 5.74) is 3.88. The first-order chi connectivity index (χ1) is 19.4. The standard InChI is InChI=1S/C32H40N4O4/c1-22(23-10-4-2-5-11-23)33-32(40)30-26-14-8-9-15-28(26)34-31(24-12-6-3-7-13-24)27(30)19-35-16-17-36(29(39)20-35)18-25(38)21-37/h3,6-9,12-15,22-23,25,37-38H,2,4-5,10-11,16-21H2,1H3,(H,33,40)/t22?,25-/m0/s1. The monoisotopic (exact) mass is 544 g/mol. The Bertz CT molecular complexity index is 1330. The van der Waals surface area contributed by atoms with Gasteiger partial charge in [-0.3, -0.25) is 14.5 Å². The molecule has 3 aromatic rings. The van der Waals surface area contributed by atoms with Crippen molar-refractivity contribution in [1.82, 2.24) is 20.1 Å². The second-order valence-electron chi connectivity index (χ2n) is 11.2. The molecule has 1 aromatic heterocycles. The van der Waals surface area contributed by atoms with Gasteiger partial charge in [0, 0.05) is 48.7 Å². The van der Waals surface area contributed by atoms with Crippen LogP contribution in [0.5, 0.6) is 0 Å². The number of amides is 2. The van der Waals surface area contributed by atoms with Gasteiger partial charge < -0.3 is 20.4 Å². The summed E-state index contributed by atoms with van der Waals surface area (Å²) >= 11 is 0. The Morgan fingerprint density at radius 1 is 1.05 bits per heavy atom. The van der Waals surface area contributed by atoms with Gasteiger partial charge in [0.1, 0.15) is 0 Å². The van der Waals surface area contributed by atoms with Crippen molar-refractivity contribution in [3.05, 3.63) is 65.7 Å². The van der Waals surface area contributed by atoms with Crippen LogP contribution in [0.1, 0.15) is 54.9 Å². The number of aliphatic hydroxyl groups is 2. The van der Waals surface area contributed by atoms with Gasteiger partial charge in [0.25, 0.3) is 5.91 Å². The first kappa shape index (κ1) is 28.2. The minimum absolute atomic E-state index is 0.0656. The summed E-state index contributed by atoms with van der Waals surface area (Å²) in [4.78, 5) is 35.8. The fourth-order valence-corrected chi connectivity index (χ4v) is 6.15. The van der Waals surface area contributed by atoms with Gasteiger partial charge in [-0.25, -0.2) is 4.98 Å². The van der Waals surface area contributed by atoms with E-state index in [0.717, 1.165) is 40.6 Å². The van der Waals surface area contributed by atoms with E-state index in [9.17, 15) is 19.8 Å². The Labute approximate surface area is 236 Å². The molecule has 2 aliphatic rings. The minimum Gasteiger partial charge on any atom is -0.394 e. The lowest BCUT2D eigenvalue weighted by Crippen LogP contribution is -2.52. The summed E-state index contributed by atoms with van der Waals surface area (Å²) in [6.07, 6.45) is 5.01. The van der Waals surface area contributed by atoms with Crippen LogP contribution in [0.4, 0.5) is 0 Å². The first-order valence-corrected chi connectivity index (χ1v) is 14.5. The molecule has 0 spiro atoms. The van der Waals surface area contributed by atoms with E-state index in [2.05, 4.69) is 12.2 Å². The topological polar surface area (TPSA) is 106 Å². The molecule has 0 bridgehead atoms. The fourth-order valence-electron chi connectivity index (χ4n) is 6.15. The van der Waals surface area contributed by atoms with Gasteiger partial charge in [0.15, 0.2) is 0 Å². The third-order valence-corrected chi connectivity index (χ3v) is 8.40. The number of aromatic nitrogens is 1. The van der Waals surface area contributed by atoms with E-state index in [4.69, 9.17) is 4.98 Å². The summed E-state index contributed by atoms with van der Waals surface area (Å²) in [6, 6.07) is 17.8. The number of carbonyl (C=O) groups excluding carboxylic acids is 2. The number of aliphatic hydroxyl groups excluding tert-OH is 2. The molecule has 1 saturated carbocycles. The molecule has 1 aliphatic heterocycles. The molecule has 3 N–H and O–H groups in total. The number of hydrogen-bond acceptors (Lipinski definition) is 6. The lowest BCUT2D eigenvalue weighted by molar-refractivity contribution is -0.138. The number of benzene rings is 2. The number of nitrogens with zero attached hydrogens (tertiary/aromatic N) is 3. The molecule has 40 heavy (non-hydrogen) atoms. The van der Waals surface area contributed by atoms with E-state index in [1.165, 1.54) is 19.3 Å². The SMILES string of the molecule is CC(NC(=O)c1c(CN2CCN(C[C@H](O)CO)C(=O)C2)c(-c2ccccc2)nc2ccccc12)C1CCCCC1. The lowest BCUT2D eigenvalue weighted by Gasteiger charge is -2.35. The number of pyridine rings is 1. The van der Waals surface area contributed by atoms with Crippen molar-refractivity contribution in [3.63, 3.8) is 0 Å². The van der Waals surface area contributed by atoms with Crippen molar-refractivity contribution in [2.24, 2.45) is 5.92 Å². The number of hydrogen-bond donors (Lipinski definition) is 3. The highest BCUT2D eigenvalue weighted by molar-refractivity contribution is 6.09. The Kier molecular flexibility index (Phi) is 9.09. The number of β-amino-alcohol motifs (C(OH)–C–C–N with tert-alkyl or cyclic N) is 1. The van der Waals surface area contributed by atoms with E-state index < -0.39 is 6.10 Å². The van der Waals surface area contributed by atoms with E-state index in [1.807, 2.05) is 59.5 Å². The summed E-state index contributed by atoms with van der Waals surface area (Å²) in [5.74, 6) is 0.272. The molecule has 2 atom stereocenters. The van der Waals surface area contributed by atoms with Crippen LogP contribution in [0.3, 0.4) is 0 Å². The molecule has 1 saturated heterocycles. The largest absolute Gasteiger partial charge is 0.394 e. The van der Waals surface area contributed by atoms with Crippen LogP contribution in [-0.4, -0.2) is 81.7 Å². The Balaban J connectivity index is 1.52. The number of rotatable bonds is 9. The Hall–Kier alpha value is -3.33. The van der Waals surface area contributed by atoms with Crippen molar-refractivity contribution in [2.75, 3.05) is 32.8 Å². The predicted molar refractivity (Wildman–Crippen MR) is 156 cm³/mol. The van der Waals surface area contributed by atoms with Crippen LogP contribution in [0, 0.1) is 5.92 Å². The van der Waals surface area contributed by atoms with Crippen LogP contribution in [0.15, 0.2) is 54.6 Å². The second kappa shape index (κ2) is 12.9. The van der Waals surface area contributed by atoms with Crippen molar-refractivity contribution in [3.8, 4) is 11.3 Å². The summed E-state index contributed by atoms with van der Waals surface area (Å²) in [7, 11) is 0. The second-order valence-corrected chi connectivity index (χ2v) is 11.2. The molecule has 212 valence electrons. The first-order valence-electron chi connectivity index (χ1n) is 14.5. The van der Waals surface area contributed by atoms with Crippen LogP contribution >= 0.6 is 0 Å². The average Bonchev–Trinajstić information content (AvgIpc) is 2.98. The molecular formula is C32H40N4O4. The number of para-hydroxylation sites is 1. The Morgan fingerprint density at radius 3 is 2.50 bits per heavy atom. The highest BCUT2D eigenvalue weighted by atomic mass is 16.3.